The van der Waals surface area contributed by atoms with Gasteiger partial charge in [0.1, 0.15) is 0 Å². The summed E-state index contributed by atoms with van der Waals surface area (Å²) in [6.07, 6.45) is 41.9. The zero-order chi connectivity index (χ0) is 97.2. The summed E-state index contributed by atoms with van der Waals surface area (Å²) in [6, 6.07) is 92.2. The fraction of sp³-hybridized carbons (Fsp3) is 0. The van der Waals surface area contributed by atoms with Crippen LogP contribution in [0, 0.1) is 0 Å². The van der Waals surface area contributed by atoms with Crippen LogP contribution in [-0.2, 0) is 4.52 Å². The first-order valence-corrected chi connectivity index (χ1v) is 54.4. The van der Waals surface area contributed by atoms with Crippen molar-refractivity contribution in [2.75, 3.05) is 56.0 Å². The molecule has 145 heavy (non-hydrogen) atoms. The minimum absolute atomic E-state index is 0.329. The van der Waals surface area contributed by atoms with E-state index in [-0.39, 0.29) is 0 Å². The summed E-state index contributed by atoms with van der Waals surface area (Å²) >= 11 is 0. The van der Waals surface area contributed by atoms with Gasteiger partial charge in [0.2, 0.25) is 0 Å². The van der Waals surface area contributed by atoms with Crippen LogP contribution in [0.5, 0.6) is 0 Å². The van der Waals surface area contributed by atoms with Crippen LogP contribution in [0.3, 0.4) is 0 Å². The second-order valence-corrected chi connectivity index (χ2v) is 46.7. The number of nitrogens with zero attached hydrogens (tertiary/aromatic N) is 16. The maximum atomic E-state index is 19.0. The summed E-state index contributed by atoms with van der Waals surface area (Å²) in [6.45, 7) is 0. The molecule has 0 aromatic carbocycles. The average molecular weight is 2030 g/mol. The zero-order valence-corrected chi connectivity index (χ0v) is 81.2. The molecular formula is C97H97N40O3P5. The molecule has 0 aliphatic rings. The monoisotopic (exact) mass is 2020 g/mol. The molecule has 0 aliphatic heterocycles. The molecule has 0 fully saturated rings. The van der Waals surface area contributed by atoms with Crippen LogP contribution in [0.25, 0.3) is 0 Å². The van der Waals surface area contributed by atoms with E-state index in [9.17, 15) is 4.52 Å². The molecule has 24 rings (SSSR count). The Hall–Kier alpha value is -19.1. The van der Waals surface area contributed by atoms with E-state index in [4.69, 9.17) is 18.1 Å². The van der Waals surface area contributed by atoms with Gasteiger partial charge < -0.3 is 0 Å². The van der Waals surface area contributed by atoms with Gasteiger partial charge in [0, 0.05) is 0 Å². The van der Waals surface area contributed by atoms with Crippen LogP contribution < -0.4 is 56.0 Å². The summed E-state index contributed by atoms with van der Waals surface area (Å²) < 4.78 is 65.8. The van der Waals surface area contributed by atoms with Crippen LogP contribution in [0.15, 0.2) is 458 Å². The predicted octanol–water partition coefficient (Wildman–Crippen LogP) is 28.5. The van der Waals surface area contributed by atoms with E-state index < -0.39 is 43.6 Å². The number of hydrogen-bond donors (Lipinski definition) is 25. The molecule has 43 nitrogen and oxygen atoms in total. The normalized spacial score (nSPS) is 12.2. The molecule has 24 aromatic rings. The van der Waals surface area contributed by atoms with Gasteiger partial charge in [0.25, 0.3) is 0 Å². The van der Waals surface area contributed by atoms with Crippen molar-refractivity contribution in [3.63, 3.8) is 0 Å². The Morgan fingerprint density at radius 3 is 0.297 bits per heavy atom. The van der Waals surface area contributed by atoms with Crippen molar-refractivity contribution in [3.05, 3.63) is 440 Å². The first kappa shape index (κ1) is 88.6. The van der Waals surface area contributed by atoms with E-state index in [2.05, 4.69) is 176 Å². The third-order valence-corrected chi connectivity index (χ3v) is 44.9. The number of carbonyl (C=O) groups is 1. The zero-order valence-electron chi connectivity index (χ0n) is 76.7. The number of nitrogens with one attached hydrogen (secondary N) is 24. The maximum absolute atomic E-state index is 19.0. The Labute approximate surface area is 826 Å². The number of hydrogen-bond acceptors (Lipinski definition) is 6. The van der Waals surface area contributed by atoms with Crippen molar-refractivity contribution in [1.82, 2.24) is 120 Å². The molecule has 24 aromatic heterocycles. The van der Waals surface area contributed by atoms with Crippen molar-refractivity contribution in [2.45, 2.75) is 0 Å². The van der Waals surface area contributed by atoms with Gasteiger partial charge in [-0.2, -0.15) is 0 Å². The van der Waals surface area contributed by atoms with E-state index >= 15 is 9.90 Å². The summed E-state index contributed by atoms with van der Waals surface area (Å²) in [4.78, 5) is 111. The summed E-state index contributed by atoms with van der Waals surface area (Å²) in [7, 11) is -31.8. The van der Waals surface area contributed by atoms with Gasteiger partial charge >= 0.3 is 831 Å². The minimum atomic E-state index is -8.81. The summed E-state index contributed by atoms with van der Waals surface area (Å²) in [5.74, 6) is 7.90. The summed E-state index contributed by atoms with van der Waals surface area (Å²) in [5.41, 5.74) is 0. The summed E-state index contributed by atoms with van der Waals surface area (Å²) in [5, 5.41) is 15.4. The Bertz CT molecular complexity index is 6130. The van der Waals surface area contributed by atoms with E-state index in [1.54, 1.807) is 0 Å². The number of H-pyrrole nitrogens is 24. The first-order valence-electron chi connectivity index (χ1n) is 46.0. The third kappa shape index (κ3) is 15.3. The second kappa shape index (κ2) is 37.3. The topological polar surface area (TPSA) is 514 Å². The van der Waals surface area contributed by atoms with E-state index in [1.165, 1.54) is 0 Å². The van der Waals surface area contributed by atoms with Crippen LogP contribution in [0.1, 0.15) is 0 Å². The first-order chi connectivity index (χ1) is 71.6. The molecular weight excluding hydrogens is 1930 g/mol. The van der Waals surface area contributed by atoms with Crippen LogP contribution in [-0.4, -0.2) is 131 Å². The fourth-order valence-corrected chi connectivity index (χ4v) is 44.9. The predicted molar refractivity (Wildman–Crippen MR) is 578 cm³/mol. The molecule has 0 amide bonds. The van der Waals surface area contributed by atoms with Gasteiger partial charge in [-0.1, -0.05) is 0 Å². The van der Waals surface area contributed by atoms with Gasteiger partial charge in [0.05, 0.1) is 0 Å². The molecule has 0 unspecified atom stereocenters. The molecule has 0 bridgehead atoms. The number of aromatic nitrogens is 24. The van der Waals surface area contributed by atoms with E-state index in [1.807, 2.05) is 440 Å². The number of rotatable bonds is 41. The molecule has 0 saturated carbocycles. The van der Waals surface area contributed by atoms with Crippen molar-refractivity contribution in [3.8, 4) is 0 Å². The van der Waals surface area contributed by atoms with Crippen LogP contribution >= 0.6 is 37.5 Å². The number of carboxylic acid groups (broad SMARTS) is 1. The van der Waals surface area contributed by atoms with E-state index in [0.717, 1.165) is 0 Å². The van der Waals surface area contributed by atoms with Gasteiger partial charge in [-0.3, -0.25) is 0 Å². The second-order valence-electron chi connectivity index (χ2n) is 32.8. The fourth-order valence-electron chi connectivity index (χ4n) is 18.6. The average Bonchev–Trinajstić information content (AvgIpc) is 1.61. The Balaban J connectivity index is 1.19. The molecule has 0 radical (unpaired) electrons. The van der Waals surface area contributed by atoms with Gasteiger partial charge in [-0.15, -0.1) is 0 Å². The molecule has 0 atom stereocenters. The quantitative estimate of drug-likeness (QED) is 0.0158. The Kier molecular flexibility index (Phi) is 22.8. The van der Waals surface area contributed by atoms with Gasteiger partial charge in [0.15, 0.2) is 0 Å². The number of anilines is 24. The van der Waals surface area contributed by atoms with Crippen LogP contribution in [0.2, 0.25) is 0 Å². The van der Waals surface area contributed by atoms with Gasteiger partial charge in [-0.05, 0) is 0 Å². The molecule has 728 valence electrons. The molecule has 0 saturated heterocycles. The number of aromatic amines is 24. The molecule has 0 spiro atoms. The van der Waals surface area contributed by atoms with Crippen molar-refractivity contribution in [1.29, 1.82) is 0 Å². The molecule has 0 aliphatic carbocycles. The van der Waals surface area contributed by atoms with Crippen molar-refractivity contribution >= 4 is 183 Å². The van der Waals surface area contributed by atoms with Crippen LogP contribution in [0.4, 0.5) is 144 Å². The Morgan fingerprint density at radius 2 is 0.241 bits per heavy atom. The Morgan fingerprint density at radius 1 is 0.166 bits per heavy atom. The molecule has 24 heterocycles. The van der Waals surface area contributed by atoms with E-state index in [0.29, 0.717) is 140 Å². The van der Waals surface area contributed by atoms with Crippen molar-refractivity contribution < 1.29 is 14.4 Å². The van der Waals surface area contributed by atoms with Gasteiger partial charge in [-0.25, -0.2) is 0 Å². The SMILES string of the molecule is O=C(O)OP(N=P(N(c1ccc[nH]1)c1ccc[nH]1)(N(c1ccc[nH]1)c1ccc[nH]1)N(c1ccc[nH]1)c1ccc[nH]1)(N=P(N(c1ccc[nH]1)c1ccc[nH]1)(N(c1ccc[nH]1)c1ccc[nH]1)N(c1ccc[nH]1)c1ccc[nH]1)(N=P(N(c1ccc[nH]1)c1ccc[nH]1)(N(c1ccc[nH]1)c1ccc[nH]1)N(c1ccc[nH]1)c1ccc[nH]1)N=P(N(c1ccc[nH]1)c1ccc[nH]1)(N(c1ccc[nH]1)c1ccc[nH]1)N(c1ccc[nH]1)c1ccc[nH]1. The van der Waals surface area contributed by atoms with Crippen molar-refractivity contribution in [2.24, 2.45) is 18.1 Å². The molecule has 48 heteroatoms. The standard InChI is InChI=1S/C97H97N40O3P5/c138-97(139)140-145(122-141(126(73-25-1-49-98-73)74-26-2-50-99-74,127(75-27-3-51-100-75)76-28-4-52-101-76)128(77-29-5-53-102-77)78-30-6-54-103-78,123-142(129(79-31-7-55-104-79)80-32-8-56-105-80,130(81-33-9-57-106-81)82-34-10-58-107-82)131(83-35-11-59-108-83)84-36-12-60-109-84,124-143(132(85-37-13-61-110-85)86-38-14-62-111-86,133(87-39-15-63-112-87)88-40-16-64-113-88)134(89-41-17-65-114-89)90-42-18-66-115-90)125-144(135(91-43-19-67-116-91)92-44-20-68-117-92,136(93-45-21-69-118-93)94-46-22-70-119-94)137(95-47-23-71-120-95)96-48-24-72-121-96/h1-72,98-121H,(H,138,139). The molecule has 25 N–H and O–H groups in total. The third-order valence-electron chi connectivity index (χ3n) is 24.0.